The van der Waals surface area contributed by atoms with E-state index in [1.165, 1.54) is 6.07 Å². The second-order valence-corrected chi connectivity index (χ2v) is 5.67. The summed E-state index contributed by atoms with van der Waals surface area (Å²) < 4.78 is 13.9. The molecule has 0 amide bonds. The van der Waals surface area contributed by atoms with Gasteiger partial charge in [0.25, 0.3) is 0 Å². The van der Waals surface area contributed by atoms with Gasteiger partial charge < -0.3 is 0 Å². The van der Waals surface area contributed by atoms with Crippen LogP contribution in [0.15, 0.2) is 53.5 Å². The highest BCUT2D eigenvalue weighted by molar-refractivity contribution is 6.30. The molecule has 1 aliphatic rings. The number of benzene rings is 2. The minimum Gasteiger partial charge on any atom is -0.281 e. The molecule has 0 spiro atoms. The predicted octanol–water partition coefficient (Wildman–Crippen LogP) is 5.05. The van der Waals surface area contributed by atoms with Crippen molar-refractivity contribution in [3.63, 3.8) is 0 Å². The van der Waals surface area contributed by atoms with Crippen LogP contribution in [0, 0.1) is 11.7 Å². The van der Waals surface area contributed by atoms with Gasteiger partial charge in [0.1, 0.15) is 5.82 Å². The van der Waals surface area contributed by atoms with Crippen molar-refractivity contribution >= 4 is 17.3 Å². The fraction of sp³-hybridized carbons (Fsp3) is 0.235. The van der Waals surface area contributed by atoms with E-state index in [0.29, 0.717) is 11.5 Å². The van der Waals surface area contributed by atoms with Crippen LogP contribution < -0.4 is 0 Å². The lowest BCUT2D eigenvalue weighted by Gasteiger charge is -2.13. The van der Waals surface area contributed by atoms with E-state index in [9.17, 15) is 4.39 Å². The second kappa shape index (κ2) is 5.37. The van der Waals surface area contributed by atoms with Crippen molar-refractivity contribution < 1.29 is 4.39 Å². The minimum atomic E-state index is -0.199. The van der Waals surface area contributed by atoms with Crippen LogP contribution in [0.5, 0.6) is 0 Å². The first-order valence-electron chi connectivity index (χ1n) is 6.72. The van der Waals surface area contributed by atoms with Crippen molar-refractivity contribution in [1.82, 2.24) is 0 Å². The second-order valence-electron chi connectivity index (χ2n) is 5.23. The van der Waals surface area contributed by atoms with Gasteiger partial charge in [-0.15, -0.1) is 0 Å². The molecular formula is C17H15ClFN. The van der Waals surface area contributed by atoms with Crippen LogP contribution in [-0.4, -0.2) is 5.71 Å². The minimum absolute atomic E-state index is 0.0851. The molecular weight excluding hydrogens is 273 g/mol. The number of nitrogens with zero attached hydrogens (tertiary/aromatic N) is 1. The zero-order valence-electron chi connectivity index (χ0n) is 11.2. The van der Waals surface area contributed by atoms with E-state index in [1.54, 1.807) is 12.1 Å². The molecule has 0 saturated heterocycles. The third kappa shape index (κ3) is 2.48. The van der Waals surface area contributed by atoms with Crippen LogP contribution in [0.2, 0.25) is 5.02 Å². The fourth-order valence-corrected chi connectivity index (χ4v) is 2.83. The van der Waals surface area contributed by atoms with Gasteiger partial charge in [-0.25, -0.2) is 4.39 Å². The molecule has 102 valence electrons. The third-order valence-electron chi connectivity index (χ3n) is 3.75. The van der Waals surface area contributed by atoms with Crippen LogP contribution >= 0.6 is 11.6 Å². The number of halogens is 2. The standard InChI is InChI=1S/C17H15ClFN/c1-11-10-16(14-4-2-3-5-15(14)19)20-17(11)12-6-8-13(18)9-7-12/h2-9,11,17H,10H2,1H3. The summed E-state index contributed by atoms with van der Waals surface area (Å²) in [5.41, 5.74) is 2.61. The molecule has 2 aromatic rings. The van der Waals surface area contributed by atoms with Crippen LogP contribution in [0.3, 0.4) is 0 Å². The van der Waals surface area contributed by atoms with E-state index in [1.807, 2.05) is 30.3 Å². The first-order valence-corrected chi connectivity index (χ1v) is 7.10. The van der Waals surface area contributed by atoms with Gasteiger partial charge in [0.05, 0.1) is 6.04 Å². The Hall–Kier alpha value is -1.67. The van der Waals surface area contributed by atoms with E-state index in [2.05, 4.69) is 6.92 Å². The van der Waals surface area contributed by atoms with E-state index in [-0.39, 0.29) is 11.9 Å². The zero-order valence-corrected chi connectivity index (χ0v) is 11.9. The van der Waals surface area contributed by atoms with Gasteiger partial charge in [0.2, 0.25) is 0 Å². The molecule has 1 heterocycles. The summed E-state index contributed by atoms with van der Waals surface area (Å²) in [5.74, 6) is 0.168. The Morgan fingerprint density at radius 2 is 1.80 bits per heavy atom. The molecule has 0 radical (unpaired) electrons. The van der Waals surface area contributed by atoms with Crippen molar-refractivity contribution in [2.75, 3.05) is 0 Å². The summed E-state index contributed by atoms with van der Waals surface area (Å²) in [7, 11) is 0. The summed E-state index contributed by atoms with van der Waals surface area (Å²) >= 11 is 5.91. The normalized spacial score (nSPS) is 21.9. The molecule has 1 nitrogen and oxygen atoms in total. The van der Waals surface area contributed by atoms with Crippen LogP contribution in [0.4, 0.5) is 4.39 Å². The molecule has 2 unspecified atom stereocenters. The molecule has 1 aliphatic heterocycles. The lowest BCUT2D eigenvalue weighted by molar-refractivity contribution is 0.525. The summed E-state index contributed by atoms with van der Waals surface area (Å²) in [5, 5.41) is 0.720. The Labute approximate surface area is 123 Å². The van der Waals surface area contributed by atoms with E-state index in [0.717, 1.165) is 22.7 Å². The molecule has 0 N–H and O–H groups in total. The van der Waals surface area contributed by atoms with Gasteiger partial charge in [-0.1, -0.05) is 48.9 Å². The average molecular weight is 288 g/mol. The van der Waals surface area contributed by atoms with Crippen LogP contribution in [0.1, 0.15) is 30.5 Å². The topological polar surface area (TPSA) is 12.4 Å². The maximum atomic E-state index is 13.9. The Morgan fingerprint density at radius 3 is 2.50 bits per heavy atom. The average Bonchev–Trinajstić information content (AvgIpc) is 2.82. The van der Waals surface area contributed by atoms with E-state index in [4.69, 9.17) is 16.6 Å². The molecule has 20 heavy (non-hydrogen) atoms. The molecule has 2 aromatic carbocycles. The molecule has 0 saturated carbocycles. The summed E-state index contributed by atoms with van der Waals surface area (Å²) in [4.78, 5) is 4.73. The first kappa shape index (κ1) is 13.3. The number of rotatable bonds is 2. The third-order valence-corrected chi connectivity index (χ3v) is 4.00. The van der Waals surface area contributed by atoms with E-state index >= 15 is 0 Å². The van der Waals surface area contributed by atoms with Gasteiger partial charge in [-0.3, -0.25) is 4.99 Å². The Kier molecular flexibility index (Phi) is 3.58. The van der Waals surface area contributed by atoms with E-state index < -0.39 is 0 Å². The largest absolute Gasteiger partial charge is 0.281 e. The number of aliphatic imine (C=N–C) groups is 1. The molecule has 0 aromatic heterocycles. The maximum Gasteiger partial charge on any atom is 0.132 e. The first-order chi connectivity index (χ1) is 9.65. The molecule has 3 rings (SSSR count). The van der Waals surface area contributed by atoms with Gasteiger partial charge in [-0.2, -0.15) is 0 Å². The van der Waals surface area contributed by atoms with Crippen LogP contribution in [0.25, 0.3) is 0 Å². The monoisotopic (exact) mass is 287 g/mol. The quantitative estimate of drug-likeness (QED) is 0.733. The summed E-state index contributed by atoms with van der Waals surface area (Å²) in [6, 6.07) is 14.7. The predicted molar refractivity (Wildman–Crippen MR) is 80.9 cm³/mol. The van der Waals surface area contributed by atoms with Gasteiger partial charge >= 0.3 is 0 Å². The molecule has 0 fully saturated rings. The van der Waals surface area contributed by atoms with Crippen molar-refractivity contribution in [2.45, 2.75) is 19.4 Å². The maximum absolute atomic E-state index is 13.9. The SMILES string of the molecule is CC1CC(c2ccccc2F)=NC1c1ccc(Cl)cc1. The lowest BCUT2D eigenvalue weighted by Crippen LogP contribution is -2.03. The summed E-state index contributed by atoms with van der Waals surface area (Å²) in [6.07, 6.45) is 0.800. The highest BCUT2D eigenvalue weighted by Gasteiger charge is 2.28. The van der Waals surface area contributed by atoms with Gasteiger partial charge in [0.15, 0.2) is 0 Å². The van der Waals surface area contributed by atoms with Crippen molar-refractivity contribution in [3.8, 4) is 0 Å². The van der Waals surface area contributed by atoms with Crippen molar-refractivity contribution in [3.05, 3.63) is 70.5 Å². The van der Waals surface area contributed by atoms with Gasteiger partial charge in [0, 0.05) is 16.3 Å². The number of hydrogen-bond donors (Lipinski definition) is 0. The summed E-state index contributed by atoms with van der Waals surface area (Å²) in [6.45, 7) is 2.15. The van der Waals surface area contributed by atoms with Gasteiger partial charge in [-0.05, 0) is 36.1 Å². The van der Waals surface area contributed by atoms with Crippen molar-refractivity contribution in [1.29, 1.82) is 0 Å². The molecule has 3 heteroatoms. The highest BCUT2D eigenvalue weighted by atomic mass is 35.5. The Balaban J connectivity index is 1.95. The smallest absolute Gasteiger partial charge is 0.132 e. The highest BCUT2D eigenvalue weighted by Crippen LogP contribution is 2.36. The molecule has 2 atom stereocenters. The zero-order chi connectivity index (χ0) is 14.1. The van der Waals surface area contributed by atoms with Crippen molar-refractivity contribution in [2.24, 2.45) is 10.9 Å². The Morgan fingerprint density at radius 1 is 1.10 bits per heavy atom. The lowest BCUT2D eigenvalue weighted by atomic mass is 9.93. The molecule has 0 aliphatic carbocycles. The number of hydrogen-bond acceptors (Lipinski definition) is 1. The molecule has 0 bridgehead atoms. The fourth-order valence-electron chi connectivity index (χ4n) is 2.70. The Bertz CT molecular complexity index is 648. The van der Waals surface area contributed by atoms with Crippen LogP contribution in [-0.2, 0) is 0 Å².